The van der Waals surface area contributed by atoms with Gasteiger partial charge in [-0.2, -0.15) is 0 Å². The van der Waals surface area contributed by atoms with E-state index in [1.165, 1.54) is 0 Å². The zero-order valence-electron chi connectivity index (χ0n) is 16.3. The van der Waals surface area contributed by atoms with Crippen molar-refractivity contribution in [3.63, 3.8) is 0 Å². The van der Waals surface area contributed by atoms with Gasteiger partial charge >= 0.3 is 6.03 Å². The van der Waals surface area contributed by atoms with E-state index in [0.717, 1.165) is 16.0 Å². The molecular weight excluding hydrogens is 376 g/mol. The number of nitrogens with zero attached hydrogens (tertiary/aromatic N) is 1. The summed E-state index contributed by atoms with van der Waals surface area (Å²) in [7, 11) is 0. The number of imide groups is 1. The number of para-hydroxylation sites is 1. The normalized spacial score (nSPS) is 19.8. The highest BCUT2D eigenvalue weighted by molar-refractivity contribution is 6.23. The Morgan fingerprint density at radius 1 is 0.867 bits per heavy atom. The maximum absolute atomic E-state index is 13.5. The van der Waals surface area contributed by atoms with Crippen molar-refractivity contribution in [3.8, 4) is 0 Å². The van der Waals surface area contributed by atoms with Gasteiger partial charge in [-0.3, -0.25) is 4.79 Å². The molecule has 4 rings (SSSR count). The van der Waals surface area contributed by atoms with Crippen molar-refractivity contribution in [2.24, 2.45) is 0 Å². The molecule has 5 heteroatoms. The van der Waals surface area contributed by atoms with Crippen molar-refractivity contribution < 1.29 is 14.7 Å². The largest absolute Gasteiger partial charge is 0.386 e. The standard InChI is InChI=1S/C25H22N2O3/c28-22(17-16-19-10-4-1-5-11-19)25(18-20-12-6-2-7-13-20)23(29)27(24(30)26-25)21-14-8-3-9-15-21/h1-17,22,28H,18H2,(H,26,30)/b17-16-. The summed E-state index contributed by atoms with van der Waals surface area (Å²) in [6, 6.07) is 27.0. The zero-order chi connectivity index (χ0) is 21.0. The molecule has 0 aliphatic carbocycles. The number of aliphatic hydroxyl groups excluding tert-OH is 1. The molecule has 30 heavy (non-hydrogen) atoms. The molecule has 1 heterocycles. The Hall–Kier alpha value is -3.70. The Morgan fingerprint density at radius 3 is 2.07 bits per heavy atom. The summed E-state index contributed by atoms with van der Waals surface area (Å²) < 4.78 is 0. The van der Waals surface area contributed by atoms with Crippen LogP contribution >= 0.6 is 0 Å². The van der Waals surface area contributed by atoms with Crippen LogP contribution in [0, 0.1) is 0 Å². The number of carbonyl (C=O) groups is 2. The third-order valence-corrected chi connectivity index (χ3v) is 5.23. The fourth-order valence-electron chi connectivity index (χ4n) is 3.68. The minimum atomic E-state index is -1.50. The highest BCUT2D eigenvalue weighted by atomic mass is 16.3. The lowest BCUT2D eigenvalue weighted by Gasteiger charge is -2.30. The molecule has 2 unspecified atom stereocenters. The van der Waals surface area contributed by atoms with Crippen molar-refractivity contribution in [2.75, 3.05) is 4.90 Å². The summed E-state index contributed by atoms with van der Waals surface area (Å²) in [6.45, 7) is 0. The van der Waals surface area contributed by atoms with Crippen LogP contribution < -0.4 is 10.2 Å². The lowest BCUT2D eigenvalue weighted by atomic mass is 9.84. The molecule has 2 atom stereocenters. The quantitative estimate of drug-likeness (QED) is 0.621. The number of benzene rings is 3. The molecule has 1 aliphatic rings. The third kappa shape index (κ3) is 3.75. The SMILES string of the molecule is O=C1NC(Cc2ccccc2)(C(O)/C=C\c2ccccc2)C(=O)N1c1ccccc1. The average Bonchev–Trinajstić information content (AvgIpc) is 3.04. The van der Waals surface area contributed by atoms with Gasteiger partial charge in [-0.15, -0.1) is 0 Å². The van der Waals surface area contributed by atoms with Gasteiger partial charge < -0.3 is 10.4 Å². The van der Waals surface area contributed by atoms with Gasteiger partial charge in [-0.05, 0) is 23.3 Å². The van der Waals surface area contributed by atoms with Gasteiger partial charge in [-0.1, -0.05) is 91.0 Å². The first-order chi connectivity index (χ1) is 14.6. The van der Waals surface area contributed by atoms with Crippen molar-refractivity contribution in [1.82, 2.24) is 5.32 Å². The van der Waals surface area contributed by atoms with Crippen LogP contribution in [0.4, 0.5) is 10.5 Å². The molecule has 1 saturated heterocycles. The minimum Gasteiger partial charge on any atom is -0.386 e. The maximum Gasteiger partial charge on any atom is 0.329 e. The second-order valence-corrected chi connectivity index (χ2v) is 7.25. The fraction of sp³-hybridized carbons (Fsp3) is 0.120. The molecular formula is C25H22N2O3. The lowest BCUT2D eigenvalue weighted by Crippen LogP contribution is -2.57. The molecule has 0 aromatic heterocycles. The first-order valence-electron chi connectivity index (χ1n) is 9.77. The molecule has 0 spiro atoms. The summed E-state index contributed by atoms with van der Waals surface area (Å²) >= 11 is 0. The predicted molar refractivity (Wildman–Crippen MR) is 117 cm³/mol. The van der Waals surface area contributed by atoms with E-state index < -0.39 is 23.6 Å². The smallest absolute Gasteiger partial charge is 0.329 e. The highest BCUT2D eigenvalue weighted by Gasteiger charge is 2.55. The topological polar surface area (TPSA) is 69.6 Å². The van der Waals surface area contributed by atoms with Crippen molar-refractivity contribution in [1.29, 1.82) is 0 Å². The predicted octanol–water partition coefficient (Wildman–Crippen LogP) is 3.80. The van der Waals surface area contributed by atoms with Gasteiger partial charge in [0.2, 0.25) is 0 Å². The minimum absolute atomic E-state index is 0.169. The molecule has 2 N–H and O–H groups in total. The highest BCUT2D eigenvalue weighted by Crippen LogP contribution is 2.31. The molecule has 5 nitrogen and oxygen atoms in total. The first kappa shape index (κ1) is 19.6. The van der Waals surface area contributed by atoms with Crippen LogP contribution in [0.25, 0.3) is 6.08 Å². The summed E-state index contributed by atoms with van der Waals surface area (Å²) in [5.41, 5.74) is 0.699. The van der Waals surface area contributed by atoms with E-state index in [2.05, 4.69) is 5.32 Å². The molecule has 0 saturated carbocycles. The monoisotopic (exact) mass is 398 g/mol. The van der Waals surface area contributed by atoms with E-state index in [-0.39, 0.29) is 6.42 Å². The summed E-state index contributed by atoms with van der Waals surface area (Å²) in [6.07, 6.45) is 2.26. The third-order valence-electron chi connectivity index (χ3n) is 5.23. The van der Waals surface area contributed by atoms with Crippen LogP contribution in [-0.4, -0.2) is 28.7 Å². The number of urea groups is 1. The molecule has 3 aromatic rings. The van der Waals surface area contributed by atoms with Crippen LogP contribution in [0.2, 0.25) is 0 Å². The zero-order valence-corrected chi connectivity index (χ0v) is 16.3. The van der Waals surface area contributed by atoms with Gasteiger partial charge in [0.05, 0.1) is 5.69 Å². The van der Waals surface area contributed by atoms with Crippen LogP contribution in [0.3, 0.4) is 0 Å². The molecule has 3 amide bonds. The van der Waals surface area contributed by atoms with Gasteiger partial charge in [-0.25, -0.2) is 9.69 Å². The van der Waals surface area contributed by atoms with Crippen LogP contribution in [-0.2, 0) is 11.2 Å². The fourth-order valence-corrected chi connectivity index (χ4v) is 3.68. The molecule has 150 valence electrons. The van der Waals surface area contributed by atoms with E-state index in [4.69, 9.17) is 0 Å². The van der Waals surface area contributed by atoms with Crippen molar-refractivity contribution in [3.05, 3.63) is 108 Å². The Kier molecular flexibility index (Phi) is 5.46. The Balaban J connectivity index is 1.72. The number of amides is 3. The van der Waals surface area contributed by atoms with Gasteiger partial charge in [0, 0.05) is 6.42 Å². The van der Waals surface area contributed by atoms with E-state index >= 15 is 0 Å². The second-order valence-electron chi connectivity index (χ2n) is 7.25. The Labute approximate surface area is 175 Å². The summed E-state index contributed by atoms with van der Waals surface area (Å²) in [4.78, 5) is 27.5. The number of aliphatic hydroxyl groups is 1. The number of anilines is 1. The van der Waals surface area contributed by atoms with Gasteiger partial charge in [0.15, 0.2) is 5.54 Å². The summed E-state index contributed by atoms with van der Waals surface area (Å²) in [5, 5.41) is 13.9. The molecule has 1 aliphatic heterocycles. The lowest BCUT2D eigenvalue weighted by molar-refractivity contribution is -0.125. The Bertz CT molecular complexity index is 1050. The number of hydrogen-bond acceptors (Lipinski definition) is 3. The van der Waals surface area contributed by atoms with E-state index in [1.807, 2.05) is 66.7 Å². The Morgan fingerprint density at radius 2 is 1.43 bits per heavy atom. The van der Waals surface area contributed by atoms with Gasteiger partial charge in [0.25, 0.3) is 5.91 Å². The number of rotatable bonds is 6. The van der Waals surface area contributed by atoms with Crippen LogP contribution in [0.15, 0.2) is 97.1 Å². The summed E-state index contributed by atoms with van der Waals surface area (Å²) in [5.74, 6) is -0.479. The molecule has 3 aromatic carbocycles. The number of hydrogen-bond donors (Lipinski definition) is 2. The molecule has 1 fully saturated rings. The molecule has 0 bridgehead atoms. The molecule has 0 radical (unpaired) electrons. The van der Waals surface area contributed by atoms with E-state index in [1.54, 1.807) is 36.4 Å². The number of carbonyl (C=O) groups excluding carboxylic acids is 2. The number of nitrogens with one attached hydrogen (secondary N) is 1. The van der Waals surface area contributed by atoms with E-state index in [9.17, 15) is 14.7 Å². The van der Waals surface area contributed by atoms with E-state index in [0.29, 0.717) is 5.69 Å². The second kappa shape index (κ2) is 8.35. The van der Waals surface area contributed by atoms with Crippen molar-refractivity contribution >= 4 is 23.7 Å². The van der Waals surface area contributed by atoms with Gasteiger partial charge in [0.1, 0.15) is 6.10 Å². The van der Waals surface area contributed by atoms with Crippen LogP contribution in [0.1, 0.15) is 11.1 Å². The van der Waals surface area contributed by atoms with Crippen LogP contribution in [0.5, 0.6) is 0 Å². The van der Waals surface area contributed by atoms with Crippen molar-refractivity contribution in [2.45, 2.75) is 18.1 Å². The maximum atomic E-state index is 13.5. The first-order valence-corrected chi connectivity index (χ1v) is 9.77. The average molecular weight is 398 g/mol.